The molecule has 2 heterocycles. The van der Waals surface area contributed by atoms with Gasteiger partial charge >= 0.3 is 5.97 Å². The third-order valence-electron chi connectivity index (χ3n) is 4.36. The van der Waals surface area contributed by atoms with Crippen LogP contribution in [0.5, 0.6) is 11.5 Å². The minimum Gasteiger partial charge on any atom is -0.486 e. The summed E-state index contributed by atoms with van der Waals surface area (Å²) < 4.78 is 11.2. The van der Waals surface area contributed by atoms with Crippen molar-refractivity contribution in [2.24, 2.45) is 11.8 Å². The molecule has 1 aliphatic heterocycles. The molecule has 0 saturated carbocycles. The van der Waals surface area contributed by atoms with Crippen molar-refractivity contribution in [1.29, 1.82) is 0 Å². The summed E-state index contributed by atoms with van der Waals surface area (Å²) >= 11 is 0. The number of carboxylic acids is 1. The summed E-state index contributed by atoms with van der Waals surface area (Å²) in [5.74, 6) is 0.674. The zero-order chi connectivity index (χ0) is 18.5. The average molecular weight is 359 g/mol. The highest BCUT2D eigenvalue weighted by molar-refractivity contribution is 5.70. The molecule has 1 unspecified atom stereocenters. The Bertz CT molecular complexity index is 757. The summed E-state index contributed by atoms with van der Waals surface area (Å²) in [7, 11) is 0. The molecule has 0 aliphatic carbocycles. The number of aromatic nitrogens is 2. The number of aliphatic carboxylic acids is 1. The second kappa shape index (κ2) is 8.23. The SMILES string of the molecule is CC(C)CC(CNCc1cn[nH]c1-c1ccc2c(c1)OCCO2)C(=O)O. The molecule has 1 atom stereocenters. The van der Waals surface area contributed by atoms with Crippen LogP contribution in [0, 0.1) is 11.8 Å². The molecule has 7 nitrogen and oxygen atoms in total. The van der Waals surface area contributed by atoms with Gasteiger partial charge in [0.1, 0.15) is 13.2 Å². The maximum atomic E-state index is 11.4. The molecule has 7 heteroatoms. The largest absolute Gasteiger partial charge is 0.486 e. The first-order valence-corrected chi connectivity index (χ1v) is 8.90. The quantitative estimate of drug-likeness (QED) is 0.671. The first kappa shape index (κ1) is 18.3. The molecule has 0 spiro atoms. The molecule has 1 aliphatic rings. The number of carboxylic acid groups (broad SMARTS) is 1. The van der Waals surface area contributed by atoms with E-state index in [0.29, 0.717) is 38.6 Å². The summed E-state index contributed by atoms with van der Waals surface area (Å²) in [6, 6.07) is 5.79. The highest BCUT2D eigenvalue weighted by atomic mass is 16.6. The van der Waals surface area contributed by atoms with Gasteiger partial charge in [0.05, 0.1) is 17.8 Å². The fourth-order valence-electron chi connectivity index (χ4n) is 3.12. The number of hydrogen-bond donors (Lipinski definition) is 3. The predicted molar refractivity (Wildman–Crippen MR) is 97.3 cm³/mol. The zero-order valence-corrected chi connectivity index (χ0v) is 15.1. The van der Waals surface area contributed by atoms with E-state index in [2.05, 4.69) is 15.5 Å². The van der Waals surface area contributed by atoms with E-state index in [9.17, 15) is 9.90 Å². The van der Waals surface area contributed by atoms with E-state index in [1.807, 2.05) is 32.0 Å². The number of nitrogens with zero attached hydrogens (tertiary/aromatic N) is 1. The van der Waals surface area contributed by atoms with Crippen molar-refractivity contribution in [1.82, 2.24) is 15.5 Å². The van der Waals surface area contributed by atoms with E-state index in [-0.39, 0.29) is 5.92 Å². The van der Waals surface area contributed by atoms with Gasteiger partial charge in [0, 0.05) is 24.2 Å². The van der Waals surface area contributed by atoms with E-state index in [4.69, 9.17) is 9.47 Å². The lowest BCUT2D eigenvalue weighted by Gasteiger charge is -2.19. The summed E-state index contributed by atoms with van der Waals surface area (Å²) in [5.41, 5.74) is 2.83. The molecule has 26 heavy (non-hydrogen) atoms. The fraction of sp³-hybridized carbons (Fsp3) is 0.474. The Labute approximate surface area is 152 Å². The van der Waals surface area contributed by atoms with E-state index in [1.165, 1.54) is 0 Å². The highest BCUT2D eigenvalue weighted by Gasteiger charge is 2.19. The lowest BCUT2D eigenvalue weighted by molar-refractivity contribution is -0.142. The molecular weight excluding hydrogens is 334 g/mol. The topological polar surface area (TPSA) is 96.5 Å². The van der Waals surface area contributed by atoms with Crippen LogP contribution in [0.1, 0.15) is 25.8 Å². The van der Waals surface area contributed by atoms with E-state index in [0.717, 1.165) is 28.3 Å². The molecule has 3 rings (SSSR count). The third-order valence-corrected chi connectivity index (χ3v) is 4.36. The van der Waals surface area contributed by atoms with Crippen LogP contribution in [0.2, 0.25) is 0 Å². The molecule has 1 aromatic carbocycles. The third kappa shape index (κ3) is 4.35. The van der Waals surface area contributed by atoms with Gasteiger partial charge in [-0.3, -0.25) is 9.89 Å². The van der Waals surface area contributed by atoms with Gasteiger partial charge in [-0.15, -0.1) is 0 Å². The molecule has 0 radical (unpaired) electrons. The minimum atomic E-state index is -0.759. The Morgan fingerprint density at radius 3 is 2.81 bits per heavy atom. The van der Waals surface area contributed by atoms with Crippen molar-refractivity contribution in [3.63, 3.8) is 0 Å². The lowest BCUT2D eigenvalue weighted by Crippen LogP contribution is -2.29. The number of H-pyrrole nitrogens is 1. The second-order valence-corrected chi connectivity index (χ2v) is 6.92. The van der Waals surface area contributed by atoms with Gasteiger partial charge in [0.2, 0.25) is 0 Å². The minimum absolute atomic E-state index is 0.347. The Kier molecular flexibility index (Phi) is 5.78. The van der Waals surface area contributed by atoms with Crippen molar-refractivity contribution in [2.75, 3.05) is 19.8 Å². The lowest BCUT2D eigenvalue weighted by atomic mass is 9.97. The van der Waals surface area contributed by atoms with Crippen LogP contribution < -0.4 is 14.8 Å². The van der Waals surface area contributed by atoms with E-state index in [1.54, 1.807) is 6.20 Å². The van der Waals surface area contributed by atoms with Gasteiger partial charge in [-0.2, -0.15) is 5.10 Å². The van der Waals surface area contributed by atoms with Gasteiger partial charge in [-0.25, -0.2) is 0 Å². The standard InChI is InChI=1S/C19H25N3O4/c1-12(2)7-14(19(23)24)9-20-10-15-11-21-22-18(15)13-3-4-16-17(8-13)26-6-5-25-16/h3-4,8,11-12,14,20H,5-7,9-10H2,1-2H3,(H,21,22)(H,23,24). The molecular formula is C19H25N3O4. The molecule has 0 fully saturated rings. The molecule has 1 aromatic heterocycles. The molecule has 0 bridgehead atoms. The highest BCUT2D eigenvalue weighted by Crippen LogP contribution is 2.34. The van der Waals surface area contributed by atoms with Crippen molar-refractivity contribution in [3.05, 3.63) is 30.0 Å². The number of rotatable bonds is 8. The summed E-state index contributed by atoms with van der Waals surface area (Å²) in [4.78, 5) is 11.4. The Balaban J connectivity index is 1.66. The molecule has 0 saturated heterocycles. The van der Waals surface area contributed by atoms with E-state index < -0.39 is 5.97 Å². The molecule has 140 valence electrons. The van der Waals surface area contributed by atoms with Gasteiger partial charge in [0.25, 0.3) is 0 Å². The second-order valence-electron chi connectivity index (χ2n) is 6.92. The average Bonchev–Trinajstić information content (AvgIpc) is 3.08. The van der Waals surface area contributed by atoms with Gasteiger partial charge in [-0.1, -0.05) is 13.8 Å². The van der Waals surface area contributed by atoms with Crippen LogP contribution >= 0.6 is 0 Å². The smallest absolute Gasteiger partial charge is 0.307 e. The first-order chi connectivity index (χ1) is 12.5. The number of carbonyl (C=O) groups is 1. The van der Waals surface area contributed by atoms with Crippen molar-refractivity contribution < 1.29 is 19.4 Å². The van der Waals surface area contributed by atoms with Crippen LogP contribution in [0.4, 0.5) is 0 Å². The molecule has 0 amide bonds. The van der Waals surface area contributed by atoms with Crippen molar-refractivity contribution >= 4 is 5.97 Å². The number of ether oxygens (including phenoxy) is 2. The van der Waals surface area contributed by atoms with Crippen LogP contribution in [0.3, 0.4) is 0 Å². The van der Waals surface area contributed by atoms with Crippen LogP contribution in [0.25, 0.3) is 11.3 Å². The van der Waals surface area contributed by atoms with Gasteiger partial charge in [0.15, 0.2) is 11.5 Å². The maximum absolute atomic E-state index is 11.4. The molecule has 2 aromatic rings. The summed E-state index contributed by atoms with van der Waals surface area (Å²) in [6.07, 6.45) is 2.42. The van der Waals surface area contributed by atoms with Gasteiger partial charge < -0.3 is 19.9 Å². The summed E-state index contributed by atoms with van der Waals surface area (Å²) in [5, 5.41) is 19.7. The van der Waals surface area contributed by atoms with Crippen LogP contribution in [-0.2, 0) is 11.3 Å². The zero-order valence-electron chi connectivity index (χ0n) is 15.1. The Morgan fingerprint density at radius 2 is 2.08 bits per heavy atom. The monoisotopic (exact) mass is 359 g/mol. The number of benzene rings is 1. The maximum Gasteiger partial charge on any atom is 0.307 e. The predicted octanol–water partition coefficient (Wildman–Crippen LogP) is 2.68. The van der Waals surface area contributed by atoms with Crippen LogP contribution in [-0.4, -0.2) is 41.0 Å². The molecule has 3 N–H and O–H groups in total. The van der Waals surface area contributed by atoms with Crippen molar-refractivity contribution in [2.45, 2.75) is 26.8 Å². The number of fused-ring (bicyclic) bond motifs is 1. The fourth-order valence-corrected chi connectivity index (χ4v) is 3.12. The van der Waals surface area contributed by atoms with Crippen LogP contribution in [0.15, 0.2) is 24.4 Å². The van der Waals surface area contributed by atoms with Gasteiger partial charge in [-0.05, 0) is 30.5 Å². The van der Waals surface area contributed by atoms with Crippen molar-refractivity contribution in [3.8, 4) is 22.8 Å². The number of hydrogen-bond acceptors (Lipinski definition) is 5. The number of aromatic amines is 1. The number of nitrogens with one attached hydrogen (secondary N) is 2. The normalized spacial score (nSPS) is 14.4. The Morgan fingerprint density at radius 1 is 1.31 bits per heavy atom. The first-order valence-electron chi connectivity index (χ1n) is 8.90. The summed E-state index contributed by atoms with van der Waals surface area (Å²) in [6.45, 7) is 6.15. The van der Waals surface area contributed by atoms with E-state index >= 15 is 0 Å². The Hall–Kier alpha value is -2.54.